The molecule has 0 saturated carbocycles. The highest BCUT2D eigenvalue weighted by molar-refractivity contribution is 6.06. The van der Waals surface area contributed by atoms with Crippen LogP contribution in [0.2, 0.25) is 0 Å². The Balaban J connectivity index is 1.45. The molecule has 0 unspecified atom stereocenters. The van der Waals surface area contributed by atoms with Crippen LogP contribution in [0.1, 0.15) is 22.5 Å². The van der Waals surface area contributed by atoms with E-state index in [-0.39, 0.29) is 5.91 Å². The van der Waals surface area contributed by atoms with Crippen molar-refractivity contribution in [2.24, 2.45) is 0 Å². The molecule has 142 valence electrons. The third-order valence-electron chi connectivity index (χ3n) is 5.25. The van der Waals surface area contributed by atoms with Gasteiger partial charge in [0.2, 0.25) is 0 Å². The fraction of sp³-hybridized carbons (Fsp3) is 0.125. The van der Waals surface area contributed by atoms with Gasteiger partial charge in [-0.05, 0) is 48.7 Å². The lowest BCUT2D eigenvalue weighted by Gasteiger charge is -2.29. The minimum Gasteiger partial charge on any atom is -0.354 e. The molecule has 2 aromatic heterocycles. The molecule has 0 saturated heterocycles. The number of benzene rings is 2. The Morgan fingerprint density at radius 3 is 2.79 bits per heavy atom. The molecule has 1 N–H and O–H groups in total. The van der Waals surface area contributed by atoms with Gasteiger partial charge in [0.1, 0.15) is 5.69 Å². The number of aromatic nitrogens is 2. The van der Waals surface area contributed by atoms with Crippen LogP contribution >= 0.6 is 0 Å². The van der Waals surface area contributed by atoms with Crippen LogP contribution in [0.25, 0.3) is 10.9 Å². The maximum absolute atomic E-state index is 13.2. The Morgan fingerprint density at radius 2 is 1.83 bits per heavy atom. The van der Waals surface area contributed by atoms with Crippen LogP contribution in [0.5, 0.6) is 0 Å². The number of nitrogens with one attached hydrogen (secondary N) is 1. The van der Waals surface area contributed by atoms with Crippen molar-refractivity contribution in [3.8, 4) is 0 Å². The van der Waals surface area contributed by atoms with Crippen LogP contribution in [-0.4, -0.2) is 22.4 Å². The monoisotopic (exact) mass is 380 g/mol. The van der Waals surface area contributed by atoms with Crippen molar-refractivity contribution in [1.82, 2.24) is 9.97 Å². The summed E-state index contributed by atoms with van der Waals surface area (Å²) in [5.74, 6) is -0.0724. The molecule has 1 aliphatic heterocycles. The zero-order valence-electron chi connectivity index (χ0n) is 15.9. The van der Waals surface area contributed by atoms with E-state index >= 15 is 0 Å². The third kappa shape index (κ3) is 3.31. The van der Waals surface area contributed by atoms with Crippen molar-refractivity contribution >= 4 is 33.9 Å². The molecule has 29 heavy (non-hydrogen) atoms. The molecule has 1 amide bonds. The van der Waals surface area contributed by atoms with Gasteiger partial charge in [-0.15, -0.1) is 0 Å². The standard InChI is InChI=1S/C24H20N4O/c29-24(28-15-5-9-17-6-1-2-11-22(17)28)21-16-19(12-14-25-21)27-20-10-3-7-18-8-4-13-26-23(18)20/h1-4,6-8,10-14,16H,5,9,15H2,(H,25,27). The second-order valence-electron chi connectivity index (χ2n) is 7.12. The van der Waals surface area contributed by atoms with E-state index < -0.39 is 0 Å². The smallest absolute Gasteiger partial charge is 0.276 e. The molecule has 5 nitrogen and oxygen atoms in total. The highest BCUT2D eigenvalue weighted by atomic mass is 16.2. The second-order valence-corrected chi connectivity index (χ2v) is 7.12. The van der Waals surface area contributed by atoms with Crippen molar-refractivity contribution in [1.29, 1.82) is 0 Å². The number of amides is 1. The molecule has 2 aromatic carbocycles. The normalized spacial score (nSPS) is 13.2. The Hall–Kier alpha value is -3.73. The lowest BCUT2D eigenvalue weighted by atomic mass is 10.0. The van der Waals surface area contributed by atoms with Gasteiger partial charge in [-0.25, -0.2) is 0 Å². The molecule has 5 heteroatoms. The maximum atomic E-state index is 13.2. The molecule has 0 spiro atoms. The molecule has 4 aromatic rings. The SMILES string of the molecule is O=C(c1cc(Nc2cccc3cccnc23)ccn1)N1CCCc2ccccc21. The molecule has 0 bridgehead atoms. The molecular formula is C24H20N4O. The van der Waals surface area contributed by atoms with Crippen molar-refractivity contribution in [2.45, 2.75) is 12.8 Å². The largest absolute Gasteiger partial charge is 0.354 e. The van der Waals surface area contributed by atoms with Gasteiger partial charge in [0.05, 0.1) is 11.2 Å². The molecule has 0 radical (unpaired) electrons. The van der Waals surface area contributed by atoms with E-state index in [1.165, 1.54) is 5.56 Å². The number of hydrogen-bond donors (Lipinski definition) is 1. The summed E-state index contributed by atoms with van der Waals surface area (Å²) in [6.45, 7) is 0.711. The fourth-order valence-corrected chi connectivity index (χ4v) is 3.87. The van der Waals surface area contributed by atoms with E-state index in [1.807, 2.05) is 59.5 Å². The number of anilines is 3. The summed E-state index contributed by atoms with van der Waals surface area (Å²) in [7, 11) is 0. The highest BCUT2D eigenvalue weighted by Crippen LogP contribution is 2.29. The van der Waals surface area contributed by atoms with Gasteiger partial charge >= 0.3 is 0 Å². The molecule has 5 rings (SSSR count). The van der Waals surface area contributed by atoms with Gasteiger partial charge in [0.25, 0.3) is 5.91 Å². The number of aryl methyl sites for hydroxylation is 1. The fourth-order valence-electron chi connectivity index (χ4n) is 3.87. The third-order valence-corrected chi connectivity index (χ3v) is 5.25. The first-order valence-corrected chi connectivity index (χ1v) is 9.76. The van der Waals surface area contributed by atoms with Crippen LogP contribution < -0.4 is 10.2 Å². The average molecular weight is 380 g/mol. The van der Waals surface area contributed by atoms with E-state index in [0.717, 1.165) is 40.8 Å². The Bertz CT molecular complexity index is 1200. The quantitative estimate of drug-likeness (QED) is 0.545. The average Bonchev–Trinajstić information content (AvgIpc) is 2.79. The summed E-state index contributed by atoms with van der Waals surface area (Å²) in [6.07, 6.45) is 5.41. The van der Waals surface area contributed by atoms with Gasteiger partial charge in [-0.3, -0.25) is 14.8 Å². The van der Waals surface area contributed by atoms with E-state index in [4.69, 9.17) is 0 Å². The van der Waals surface area contributed by atoms with E-state index in [2.05, 4.69) is 21.4 Å². The summed E-state index contributed by atoms with van der Waals surface area (Å²) < 4.78 is 0. The summed E-state index contributed by atoms with van der Waals surface area (Å²) in [5, 5.41) is 4.45. The number of carbonyl (C=O) groups excluding carboxylic acids is 1. The minimum atomic E-state index is -0.0724. The zero-order valence-corrected chi connectivity index (χ0v) is 15.9. The maximum Gasteiger partial charge on any atom is 0.276 e. The number of fused-ring (bicyclic) bond motifs is 2. The van der Waals surface area contributed by atoms with Crippen molar-refractivity contribution in [2.75, 3.05) is 16.8 Å². The van der Waals surface area contributed by atoms with Crippen LogP contribution in [0.3, 0.4) is 0 Å². The summed E-state index contributed by atoms with van der Waals surface area (Å²) in [6, 6.07) is 21.7. The predicted octanol–water partition coefficient (Wildman–Crippen LogP) is 4.97. The highest BCUT2D eigenvalue weighted by Gasteiger charge is 2.24. The zero-order chi connectivity index (χ0) is 19.6. The van der Waals surface area contributed by atoms with Gasteiger partial charge < -0.3 is 10.2 Å². The second kappa shape index (κ2) is 7.36. The number of para-hydroxylation sites is 2. The minimum absolute atomic E-state index is 0.0724. The van der Waals surface area contributed by atoms with E-state index in [0.29, 0.717) is 12.2 Å². The molecule has 1 aliphatic rings. The van der Waals surface area contributed by atoms with Crippen molar-refractivity contribution in [3.63, 3.8) is 0 Å². The lowest BCUT2D eigenvalue weighted by molar-refractivity contribution is 0.0980. The first-order valence-electron chi connectivity index (χ1n) is 9.76. The van der Waals surface area contributed by atoms with Crippen molar-refractivity contribution in [3.05, 3.63) is 90.4 Å². The van der Waals surface area contributed by atoms with Gasteiger partial charge in [0.15, 0.2) is 0 Å². The van der Waals surface area contributed by atoms with E-state index in [9.17, 15) is 4.79 Å². The Morgan fingerprint density at radius 1 is 0.931 bits per heavy atom. The Kier molecular flexibility index (Phi) is 4.41. The number of hydrogen-bond acceptors (Lipinski definition) is 4. The van der Waals surface area contributed by atoms with E-state index in [1.54, 1.807) is 18.5 Å². The molecular weight excluding hydrogens is 360 g/mol. The van der Waals surface area contributed by atoms with Gasteiger partial charge in [-0.2, -0.15) is 0 Å². The summed E-state index contributed by atoms with van der Waals surface area (Å²) >= 11 is 0. The molecule has 0 fully saturated rings. The number of pyridine rings is 2. The number of nitrogens with zero attached hydrogens (tertiary/aromatic N) is 3. The number of rotatable bonds is 3. The van der Waals surface area contributed by atoms with Gasteiger partial charge in [-0.1, -0.05) is 36.4 Å². The summed E-state index contributed by atoms with van der Waals surface area (Å²) in [4.78, 5) is 23.9. The number of carbonyl (C=O) groups is 1. The molecule has 0 aliphatic carbocycles. The first kappa shape index (κ1) is 17.4. The summed E-state index contributed by atoms with van der Waals surface area (Å²) in [5.41, 5.74) is 5.23. The van der Waals surface area contributed by atoms with Crippen LogP contribution in [0.4, 0.5) is 17.1 Å². The Labute approximate surface area is 169 Å². The van der Waals surface area contributed by atoms with Crippen LogP contribution in [0, 0.1) is 0 Å². The van der Waals surface area contributed by atoms with Crippen LogP contribution in [-0.2, 0) is 6.42 Å². The first-order chi connectivity index (χ1) is 14.3. The van der Waals surface area contributed by atoms with Crippen molar-refractivity contribution < 1.29 is 4.79 Å². The molecule has 3 heterocycles. The molecule has 0 atom stereocenters. The van der Waals surface area contributed by atoms with Crippen LogP contribution in [0.15, 0.2) is 79.1 Å². The predicted molar refractivity (Wildman–Crippen MR) is 116 cm³/mol. The van der Waals surface area contributed by atoms with Gasteiger partial charge in [0, 0.05) is 35.7 Å². The lowest BCUT2D eigenvalue weighted by Crippen LogP contribution is -2.35. The topological polar surface area (TPSA) is 58.1 Å².